The van der Waals surface area contributed by atoms with Gasteiger partial charge in [0.1, 0.15) is 0 Å². The van der Waals surface area contributed by atoms with Crippen molar-refractivity contribution in [2.45, 2.75) is 31.7 Å². The first kappa shape index (κ1) is 10.9. The van der Waals surface area contributed by atoms with Crippen LogP contribution in [0.25, 0.3) is 11.5 Å². The van der Waals surface area contributed by atoms with E-state index in [2.05, 4.69) is 15.5 Å². The summed E-state index contributed by atoms with van der Waals surface area (Å²) >= 11 is 1.64. The van der Waals surface area contributed by atoms with E-state index < -0.39 is 0 Å². The Morgan fingerprint density at radius 1 is 1.41 bits per heavy atom. The van der Waals surface area contributed by atoms with Gasteiger partial charge in [-0.25, -0.2) is 0 Å². The Morgan fingerprint density at radius 2 is 2.35 bits per heavy atom. The average molecular weight is 249 g/mol. The van der Waals surface area contributed by atoms with Gasteiger partial charge in [0.15, 0.2) is 0 Å². The van der Waals surface area contributed by atoms with E-state index in [-0.39, 0.29) is 0 Å². The molecule has 0 aliphatic heterocycles. The Bertz CT molecular complexity index is 462. The maximum absolute atomic E-state index is 5.61. The lowest BCUT2D eigenvalue weighted by Crippen LogP contribution is -2.17. The molecule has 2 aromatic rings. The summed E-state index contributed by atoms with van der Waals surface area (Å²) < 4.78 is 5.61. The zero-order valence-electron chi connectivity index (χ0n) is 9.56. The molecular formula is C12H15N3OS. The van der Waals surface area contributed by atoms with E-state index >= 15 is 0 Å². The van der Waals surface area contributed by atoms with Crippen molar-refractivity contribution in [3.05, 3.63) is 22.7 Å². The molecule has 0 saturated heterocycles. The van der Waals surface area contributed by atoms with E-state index in [0.717, 1.165) is 36.9 Å². The van der Waals surface area contributed by atoms with Gasteiger partial charge in [-0.3, -0.25) is 0 Å². The minimum Gasteiger partial charge on any atom is -0.421 e. The summed E-state index contributed by atoms with van der Waals surface area (Å²) in [6, 6.07) is 2.77. The molecule has 0 bridgehead atoms. The first-order valence-corrected chi connectivity index (χ1v) is 6.94. The summed E-state index contributed by atoms with van der Waals surface area (Å²) in [6.07, 6.45) is 4.59. The molecule has 0 unspecified atom stereocenters. The summed E-state index contributed by atoms with van der Waals surface area (Å²) in [4.78, 5) is 0. The average Bonchev–Trinajstić information content (AvgIpc) is 2.84. The zero-order valence-corrected chi connectivity index (χ0v) is 10.4. The van der Waals surface area contributed by atoms with Crippen LogP contribution in [0.2, 0.25) is 0 Å². The monoisotopic (exact) mass is 249 g/mol. The SMILES string of the molecule is c1cc(-c2nnc(CCCNC3CC3)o2)cs1. The number of aryl methyl sites for hydroxylation is 1. The van der Waals surface area contributed by atoms with Crippen LogP contribution < -0.4 is 5.32 Å². The van der Waals surface area contributed by atoms with E-state index in [0.29, 0.717) is 5.89 Å². The molecule has 4 nitrogen and oxygen atoms in total. The predicted molar refractivity (Wildman–Crippen MR) is 67.0 cm³/mol. The molecule has 1 N–H and O–H groups in total. The van der Waals surface area contributed by atoms with Gasteiger partial charge >= 0.3 is 0 Å². The summed E-state index contributed by atoms with van der Waals surface area (Å²) in [5.41, 5.74) is 1.02. The highest BCUT2D eigenvalue weighted by Gasteiger charge is 2.19. The molecule has 0 amide bonds. The van der Waals surface area contributed by atoms with E-state index in [4.69, 9.17) is 4.42 Å². The van der Waals surface area contributed by atoms with Crippen LogP contribution in [-0.4, -0.2) is 22.8 Å². The Kier molecular flexibility index (Phi) is 3.20. The third-order valence-electron chi connectivity index (χ3n) is 2.81. The van der Waals surface area contributed by atoms with Crippen molar-refractivity contribution in [3.8, 4) is 11.5 Å². The molecule has 0 atom stereocenters. The van der Waals surface area contributed by atoms with Gasteiger partial charge in [-0.2, -0.15) is 11.3 Å². The van der Waals surface area contributed by atoms with Gasteiger partial charge in [0, 0.05) is 23.4 Å². The van der Waals surface area contributed by atoms with Gasteiger partial charge in [-0.15, -0.1) is 10.2 Å². The first-order chi connectivity index (χ1) is 8.42. The quantitative estimate of drug-likeness (QED) is 0.799. The van der Waals surface area contributed by atoms with Crippen molar-refractivity contribution in [1.29, 1.82) is 0 Å². The number of thiophene rings is 1. The molecule has 0 spiro atoms. The van der Waals surface area contributed by atoms with E-state index in [1.807, 2.05) is 16.8 Å². The summed E-state index contributed by atoms with van der Waals surface area (Å²) in [5.74, 6) is 1.38. The van der Waals surface area contributed by atoms with Gasteiger partial charge in [0.2, 0.25) is 11.8 Å². The highest BCUT2D eigenvalue weighted by atomic mass is 32.1. The second kappa shape index (κ2) is 4.98. The minimum absolute atomic E-state index is 0.636. The van der Waals surface area contributed by atoms with Crippen molar-refractivity contribution in [2.75, 3.05) is 6.54 Å². The highest BCUT2D eigenvalue weighted by molar-refractivity contribution is 7.08. The van der Waals surface area contributed by atoms with Crippen LogP contribution in [0.15, 0.2) is 21.2 Å². The fraction of sp³-hybridized carbons (Fsp3) is 0.500. The number of nitrogens with zero attached hydrogens (tertiary/aromatic N) is 2. The number of rotatable bonds is 6. The van der Waals surface area contributed by atoms with Crippen LogP contribution in [-0.2, 0) is 6.42 Å². The molecule has 5 heteroatoms. The Hall–Kier alpha value is -1.20. The molecule has 3 rings (SSSR count). The standard InChI is InChI=1S/C12H15N3OS/c1(6-13-10-3-4-10)2-11-14-15-12(16-11)9-5-7-17-8-9/h5,7-8,10,13H,1-4,6H2. The Morgan fingerprint density at radius 3 is 3.12 bits per heavy atom. The molecule has 1 aliphatic carbocycles. The van der Waals surface area contributed by atoms with E-state index in [9.17, 15) is 0 Å². The molecule has 1 fully saturated rings. The van der Waals surface area contributed by atoms with E-state index in [1.54, 1.807) is 11.3 Å². The van der Waals surface area contributed by atoms with Crippen LogP contribution in [0.3, 0.4) is 0 Å². The third-order valence-corrected chi connectivity index (χ3v) is 3.50. The molecular weight excluding hydrogens is 234 g/mol. The molecule has 1 saturated carbocycles. The van der Waals surface area contributed by atoms with Crippen molar-refractivity contribution in [3.63, 3.8) is 0 Å². The van der Waals surface area contributed by atoms with Gasteiger partial charge in [0.05, 0.1) is 0 Å². The molecule has 1 aliphatic rings. The number of nitrogens with one attached hydrogen (secondary N) is 1. The molecule has 2 aromatic heterocycles. The summed E-state index contributed by atoms with van der Waals surface area (Å²) in [5, 5.41) is 15.6. The lowest BCUT2D eigenvalue weighted by Gasteiger charge is -1.99. The number of aromatic nitrogens is 2. The normalized spacial score (nSPS) is 15.3. The zero-order chi connectivity index (χ0) is 11.5. The maximum atomic E-state index is 5.61. The smallest absolute Gasteiger partial charge is 0.248 e. The van der Waals surface area contributed by atoms with Crippen LogP contribution in [0, 0.1) is 0 Å². The molecule has 0 aromatic carbocycles. The summed E-state index contributed by atoms with van der Waals surface area (Å²) in [7, 11) is 0. The van der Waals surface area contributed by atoms with Crippen LogP contribution >= 0.6 is 11.3 Å². The fourth-order valence-electron chi connectivity index (χ4n) is 1.69. The van der Waals surface area contributed by atoms with Crippen molar-refractivity contribution >= 4 is 11.3 Å². The van der Waals surface area contributed by atoms with Crippen LogP contribution in [0.4, 0.5) is 0 Å². The van der Waals surface area contributed by atoms with Crippen molar-refractivity contribution in [1.82, 2.24) is 15.5 Å². The third kappa shape index (κ3) is 2.92. The first-order valence-electron chi connectivity index (χ1n) is 6.00. The Balaban J connectivity index is 1.50. The largest absolute Gasteiger partial charge is 0.421 e. The lowest BCUT2D eigenvalue weighted by atomic mass is 10.3. The van der Waals surface area contributed by atoms with Gasteiger partial charge in [0.25, 0.3) is 0 Å². The van der Waals surface area contributed by atoms with Gasteiger partial charge < -0.3 is 9.73 Å². The van der Waals surface area contributed by atoms with Gasteiger partial charge in [-0.1, -0.05) is 0 Å². The second-order valence-electron chi connectivity index (χ2n) is 4.34. The Labute approximate surface area is 104 Å². The minimum atomic E-state index is 0.636. The number of hydrogen-bond donors (Lipinski definition) is 1. The van der Waals surface area contributed by atoms with Gasteiger partial charge in [-0.05, 0) is 37.3 Å². The van der Waals surface area contributed by atoms with E-state index in [1.165, 1.54) is 12.8 Å². The molecule has 90 valence electrons. The van der Waals surface area contributed by atoms with Crippen molar-refractivity contribution < 1.29 is 4.42 Å². The fourth-order valence-corrected chi connectivity index (χ4v) is 2.32. The van der Waals surface area contributed by atoms with Crippen LogP contribution in [0.5, 0.6) is 0 Å². The topological polar surface area (TPSA) is 51.0 Å². The highest BCUT2D eigenvalue weighted by Crippen LogP contribution is 2.21. The molecule has 17 heavy (non-hydrogen) atoms. The van der Waals surface area contributed by atoms with Crippen molar-refractivity contribution in [2.24, 2.45) is 0 Å². The summed E-state index contributed by atoms with van der Waals surface area (Å²) in [6.45, 7) is 1.04. The van der Waals surface area contributed by atoms with Crippen LogP contribution in [0.1, 0.15) is 25.2 Å². The molecule has 0 radical (unpaired) electrons. The predicted octanol–water partition coefficient (Wildman–Crippen LogP) is 2.48. The second-order valence-corrected chi connectivity index (χ2v) is 5.12. The number of hydrogen-bond acceptors (Lipinski definition) is 5. The maximum Gasteiger partial charge on any atom is 0.248 e. The lowest BCUT2D eigenvalue weighted by molar-refractivity contribution is 0.491. The molecule has 2 heterocycles.